The third kappa shape index (κ3) is 2.85. The van der Waals surface area contributed by atoms with Crippen LogP contribution in [-0.2, 0) is 12.8 Å². The van der Waals surface area contributed by atoms with E-state index in [4.69, 9.17) is 10.00 Å². The van der Waals surface area contributed by atoms with Crippen molar-refractivity contribution >= 4 is 5.69 Å². The Morgan fingerprint density at radius 1 is 1.24 bits per heavy atom. The van der Waals surface area contributed by atoms with Gasteiger partial charge in [-0.25, -0.2) is 0 Å². The standard InChI is InChI=1S/C18H18N2O/c1-20(17-5-3-2-4-16(17)13-19)10-8-14-6-7-18-15(12-14)9-11-21-18/h2-7,12H,8-11H2,1H3. The first-order chi connectivity index (χ1) is 10.3. The van der Waals surface area contributed by atoms with Crippen LogP contribution in [0.3, 0.4) is 0 Å². The Kier molecular flexibility index (Phi) is 3.79. The summed E-state index contributed by atoms with van der Waals surface area (Å²) in [6.45, 7) is 1.69. The van der Waals surface area contributed by atoms with Gasteiger partial charge in [-0.2, -0.15) is 5.26 Å². The molecule has 0 spiro atoms. The molecule has 3 nitrogen and oxygen atoms in total. The van der Waals surface area contributed by atoms with Gasteiger partial charge in [0.15, 0.2) is 0 Å². The van der Waals surface area contributed by atoms with Gasteiger partial charge in [0.2, 0.25) is 0 Å². The monoisotopic (exact) mass is 278 g/mol. The van der Waals surface area contributed by atoms with Gasteiger partial charge >= 0.3 is 0 Å². The maximum atomic E-state index is 9.17. The zero-order valence-electron chi connectivity index (χ0n) is 12.2. The minimum atomic E-state index is 0.724. The van der Waals surface area contributed by atoms with Crippen LogP contribution < -0.4 is 9.64 Å². The molecule has 0 aliphatic carbocycles. The predicted molar refractivity (Wildman–Crippen MR) is 83.8 cm³/mol. The number of para-hydroxylation sites is 1. The number of hydrogen-bond donors (Lipinski definition) is 0. The SMILES string of the molecule is CN(CCc1ccc2c(c1)CCO2)c1ccccc1C#N. The molecule has 0 aromatic heterocycles. The first-order valence-corrected chi connectivity index (χ1v) is 7.23. The van der Waals surface area contributed by atoms with Gasteiger partial charge in [-0.15, -0.1) is 0 Å². The molecule has 2 aromatic rings. The van der Waals surface area contributed by atoms with Crippen LogP contribution in [0.1, 0.15) is 16.7 Å². The van der Waals surface area contributed by atoms with Crippen LogP contribution in [0.15, 0.2) is 42.5 Å². The third-order valence-electron chi connectivity index (χ3n) is 3.93. The molecule has 0 unspecified atom stereocenters. The second kappa shape index (κ2) is 5.88. The zero-order valence-corrected chi connectivity index (χ0v) is 12.2. The Balaban J connectivity index is 1.69. The summed E-state index contributed by atoms with van der Waals surface area (Å²) in [6.07, 6.45) is 1.97. The number of ether oxygens (including phenoxy) is 1. The van der Waals surface area contributed by atoms with E-state index in [1.807, 2.05) is 31.3 Å². The molecule has 21 heavy (non-hydrogen) atoms. The fourth-order valence-corrected chi connectivity index (χ4v) is 2.71. The van der Waals surface area contributed by atoms with Crippen molar-refractivity contribution in [1.29, 1.82) is 5.26 Å². The van der Waals surface area contributed by atoms with Crippen molar-refractivity contribution in [2.45, 2.75) is 12.8 Å². The summed E-state index contributed by atoms with van der Waals surface area (Å²) in [5.74, 6) is 1.03. The molecule has 2 aromatic carbocycles. The highest BCUT2D eigenvalue weighted by Crippen LogP contribution is 2.26. The molecule has 3 rings (SSSR count). The predicted octanol–water partition coefficient (Wildman–Crippen LogP) is 3.17. The van der Waals surface area contributed by atoms with Crippen LogP contribution >= 0.6 is 0 Å². The van der Waals surface area contributed by atoms with Gasteiger partial charge in [0.05, 0.1) is 17.9 Å². The van der Waals surface area contributed by atoms with Crippen LogP contribution in [0, 0.1) is 11.3 Å². The summed E-state index contributed by atoms with van der Waals surface area (Å²) in [5.41, 5.74) is 4.35. The van der Waals surface area contributed by atoms with E-state index < -0.39 is 0 Å². The quantitative estimate of drug-likeness (QED) is 0.862. The van der Waals surface area contributed by atoms with E-state index in [-0.39, 0.29) is 0 Å². The molecule has 0 bridgehead atoms. The number of nitriles is 1. The first-order valence-electron chi connectivity index (χ1n) is 7.23. The molecule has 1 aliphatic heterocycles. The topological polar surface area (TPSA) is 36.3 Å². The van der Waals surface area contributed by atoms with Gasteiger partial charge in [0.1, 0.15) is 11.8 Å². The Morgan fingerprint density at radius 2 is 2.10 bits per heavy atom. The number of anilines is 1. The van der Waals surface area contributed by atoms with Crippen molar-refractivity contribution < 1.29 is 4.74 Å². The molecule has 106 valence electrons. The van der Waals surface area contributed by atoms with Gasteiger partial charge in [-0.1, -0.05) is 24.3 Å². The second-order valence-corrected chi connectivity index (χ2v) is 5.34. The molecule has 0 N–H and O–H groups in total. The zero-order chi connectivity index (χ0) is 14.7. The van der Waals surface area contributed by atoms with E-state index in [9.17, 15) is 0 Å². The number of benzene rings is 2. The molecular formula is C18H18N2O. The molecule has 0 saturated heterocycles. The van der Waals surface area contributed by atoms with Gasteiger partial charge in [-0.05, 0) is 35.7 Å². The lowest BCUT2D eigenvalue weighted by Gasteiger charge is -2.20. The van der Waals surface area contributed by atoms with E-state index in [0.717, 1.165) is 43.0 Å². The number of nitrogens with zero attached hydrogens (tertiary/aromatic N) is 2. The number of fused-ring (bicyclic) bond motifs is 1. The average molecular weight is 278 g/mol. The highest BCUT2D eigenvalue weighted by atomic mass is 16.5. The summed E-state index contributed by atoms with van der Waals surface area (Å²) >= 11 is 0. The maximum Gasteiger partial charge on any atom is 0.122 e. The fourth-order valence-electron chi connectivity index (χ4n) is 2.71. The Bertz CT molecular complexity index is 688. The van der Waals surface area contributed by atoms with Crippen LogP contribution in [0.5, 0.6) is 5.75 Å². The molecule has 0 atom stereocenters. The minimum Gasteiger partial charge on any atom is -0.493 e. The van der Waals surface area contributed by atoms with E-state index >= 15 is 0 Å². The van der Waals surface area contributed by atoms with Crippen LogP contribution in [0.25, 0.3) is 0 Å². The van der Waals surface area contributed by atoms with Crippen LogP contribution in [-0.4, -0.2) is 20.2 Å². The third-order valence-corrected chi connectivity index (χ3v) is 3.93. The molecule has 1 heterocycles. The summed E-state index contributed by atoms with van der Waals surface area (Å²) in [6, 6.07) is 16.4. The van der Waals surface area contributed by atoms with E-state index in [1.54, 1.807) is 0 Å². The van der Waals surface area contributed by atoms with Crippen LogP contribution in [0.2, 0.25) is 0 Å². The van der Waals surface area contributed by atoms with Crippen molar-refractivity contribution in [3.63, 3.8) is 0 Å². The number of rotatable bonds is 4. The normalized spacial score (nSPS) is 12.4. The maximum absolute atomic E-state index is 9.17. The lowest BCUT2D eigenvalue weighted by Crippen LogP contribution is -2.21. The molecule has 1 aliphatic rings. The molecular weight excluding hydrogens is 260 g/mol. The van der Waals surface area contributed by atoms with E-state index in [2.05, 4.69) is 29.2 Å². The van der Waals surface area contributed by atoms with E-state index in [0.29, 0.717) is 0 Å². The van der Waals surface area contributed by atoms with Crippen molar-refractivity contribution in [1.82, 2.24) is 0 Å². The molecule has 0 fully saturated rings. The molecule has 0 radical (unpaired) electrons. The minimum absolute atomic E-state index is 0.724. The van der Waals surface area contributed by atoms with Crippen LogP contribution in [0.4, 0.5) is 5.69 Å². The van der Waals surface area contributed by atoms with E-state index in [1.165, 1.54) is 11.1 Å². The van der Waals surface area contributed by atoms with Gasteiger partial charge in [-0.3, -0.25) is 0 Å². The van der Waals surface area contributed by atoms with Crippen molar-refractivity contribution in [2.24, 2.45) is 0 Å². The summed E-state index contributed by atoms with van der Waals surface area (Å²) < 4.78 is 5.53. The Morgan fingerprint density at radius 3 is 2.95 bits per heavy atom. The second-order valence-electron chi connectivity index (χ2n) is 5.34. The van der Waals surface area contributed by atoms with Gasteiger partial charge in [0, 0.05) is 20.0 Å². The Hall–Kier alpha value is -2.47. The van der Waals surface area contributed by atoms with Gasteiger partial charge < -0.3 is 9.64 Å². The van der Waals surface area contributed by atoms with Crippen molar-refractivity contribution in [3.8, 4) is 11.8 Å². The molecule has 0 saturated carbocycles. The Labute approximate surface area is 125 Å². The highest BCUT2D eigenvalue weighted by Gasteiger charge is 2.12. The van der Waals surface area contributed by atoms with Crippen molar-refractivity contribution in [3.05, 3.63) is 59.2 Å². The lowest BCUT2D eigenvalue weighted by molar-refractivity contribution is 0.357. The fraction of sp³-hybridized carbons (Fsp3) is 0.278. The average Bonchev–Trinajstić information content (AvgIpc) is 3.00. The highest BCUT2D eigenvalue weighted by molar-refractivity contribution is 5.58. The lowest BCUT2D eigenvalue weighted by atomic mass is 10.1. The summed E-state index contributed by atoms with van der Waals surface area (Å²) in [5, 5.41) is 9.17. The van der Waals surface area contributed by atoms with Crippen molar-refractivity contribution in [2.75, 3.05) is 25.1 Å². The van der Waals surface area contributed by atoms with Gasteiger partial charge in [0.25, 0.3) is 0 Å². The summed E-state index contributed by atoms with van der Waals surface area (Å²) in [4.78, 5) is 2.14. The number of hydrogen-bond acceptors (Lipinski definition) is 3. The molecule has 0 amide bonds. The largest absolute Gasteiger partial charge is 0.493 e. The smallest absolute Gasteiger partial charge is 0.122 e. The first kappa shape index (κ1) is 13.5. The summed E-state index contributed by atoms with van der Waals surface area (Å²) in [7, 11) is 2.03. The number of likely N-dealkylation sites (N-methyl/N-ethyl adjacent to an activating group) is 1. The molecule has 3 heteroatoms.